The summed E-state index contributed by atoms with van der Waals surface area (Å²) in [6.45, 7) is 7.95. The third-order valence-electron chi connectivity index (χ3n) is 11.5. The third kappa shape index (κ3) is 23.5. The molecule has 61 heavy (non-hydrogen) atoms. The molecular weight excluding hydrogens is 820 g/mol. The first-order valence-corrected chi connectivity index (χ1v) is 23.1. The fraction of sp³-hybridized carbons (Fsp3) is 0.429. The molecule has 0 saturated carbocycles. The second-order valence-electron chi connectivity index (χ2n) is 16.3. The number of hydrogen-bond acceptors (Lipinski definition) is 0. The second kappa shape index (κ2) is 33.2. The summed E-state index contributed by atoms with van der Waals surface area (Å²) >= 11 is 0. The van der Waals surface area contributed by atoms with Gasteiger partial charge in [0, 0.05) is 0 Å². The van der Waals surface area contributed by atoms with Gasteiger partial charge in [-0.2, -0.15) is 0 Å². The van der Waals surface area contributed by atoms with Gasteiger partial charge in [0.25, 0.3) is 0 Å². The molecule has 0 aromatic heterocycles. The van der Waals surface area contributed by atoms with Gasteiger partial charge in [0.05, 0.1) is 0 Å². The Kier molecular flexibility index (Phi) is 27.3. The zero-order chi connectivity index (χ0) is 41.4. The largest absolute Gasteiger partial charge is 4.00 e. The molecule has 8 aliphatic carbocycles. The van der Waals surface area contributed by atoms with E-state index in [4.69, 9.17) is 0 Å². The van der Waals surface area contributed by atoms with Crippen LogP contribution < -0.4 is 0 Å². The smallest absolute Gasteiger partial charge is 0.662 e. The van der Waals surface area contributed by atoms with E-state index in [1.54, 1.807) is 0 Å². The first-order valence-electron chi connectivity index (χ1n) is 23.1. The molecule has 0 unspecified atom stereocenters. The maximum absolute atomic E-state index is 4.56. The predicted octanol–water partition coefficient (Wildman–Crippen LogP) is 15.6. The van der Waals surface area contributed by atoms with Gasteiger partial charge in [-0.3, -0.25) is 0 Å². The van der Waals surface area contributed by atoms with Crippen LogP contribution in [-0.2, 0) is 26.2 Å². The molecule has 0 spiro atoms. The third-order valence-corrected chi connectivity index (χ3v) is 11.5. The van der Waals surface area contributed by atoms with E-state index in [-0.39, 0.29) is 26.2 Å². The summed E-state index contributed by atoms with van der Waals surface area (Å²) in [5.41, 5.74) is 12.2. The van der Waals surface area contributed by atoms with Crippen molar-refractivity contribution in [2.75, 3.05) is 52.4 Å². The van der Waals surface area contributed by atoms with Crippen LogP contribution in [0.3, 0.4) is 0 Å². The number of rotatable bonds is 24. The summed E-state index contributed by atoms with van der Waals surface area (Å²) in [6.07, 6.45) is 70.9. The number of hydrogen-bond donors (Lipinski definition) is 0. The van der Waals surface area contributed by atoms with Crippen LogP contribution in [0, 0.1) is 0 Å². The standard InChI is InChI=1S/4C14H18N.Zr/c4*1-2-6-13(5-1)9-11-15-12-10-14-7-3-4-8-14;/h4*1-5,7H,6,8-12H2;/q4*-1;+4. The molecule has 8 aliphatic rings. The predicted molar refractivity (Wildman–Crippen MR) is 264 cm³/mol. The van der Waals surface area contributed by atoms with E-state index in [0.717, 1.165) is 155 Å². The van der Waals surface area contributed by atoms with E-state index in [1.165, 1.54) is 44.6 Å². The SMILES string of the molecule is C1=CCC(CC[N-]CCC2=CC=CC2)=C1.C1=CCC(CC[N-]CCC2=CC=CC2)=C1.C1=CCC(CC[N-]CCC2=CC=CC2)=C1.C1=CCC(CC[N-]CCC2=CC=CC2)=C1.[Zr+4]. The maximum Gasteiger partial charge on any atom is 4.00 e. The van der Waals surface area contributed by atoms with E-state index in [9.17, 15) is 0 Å². The molecule has 0 atom stereocenters. The Bertz CT molecular complexity index is 1420. The Labute approximate surface area is 390 Å². The summed E-state index contributed by atoms with van der Waals surface area (Å²) in [5.74, 6) is 0. The molecule has 320 valence electrons. The fourth-order valence-electron chi connectivity index (χ4n) is 7.64. The van der Waals surface area contributed by atoms with Crippen molar-refractivity contribution in [1.82, 2.24) is 0 Å². The fourth-order valence-corrected chi connectivity index (χ4v) is 7.64. The summed E-state index contributed by atoms with van der Waals surface area (Å²) in [5, 5.41) is 18.2. The van der Waals surface area contributed by atoms with Crippen molar-refractivity contribution in [2.24, 2.45) is 0 Å². The molecule has 0 aliphatic heterocycles. The van der Waals surface area contributed by atoms with E-state index < -0.39 is 0 Å². The van der Waals surface area contributed by atoms with Gasteiger partial charge in [0.2, 0.25) is 0 Å². The molecular formula is C56H72N4Zr. The first kappa shape index (κ1) is 50.2. The number of nitrogens with zero attached hydrogens (tertiary/aromatic N) is 4. The Hall–Kier alpha value is -3.44. The van der Waals surface area contributed by atoms with Crippen molar-refractivity contribution in [2.45, 2.75) is 103 Å². The van der Waals surface area contributed by atoms with Gasteiger partial charge in [-0.25, -0.2) is 0 Å². The van der Waals surface area contributed by atoms with Crippen LogP contribution in [0.5, 0.6) is 0 Å². The van der Waals surface area contributed by atoms with Gasteiger partial charge < -0.3 is 21.3 Å². The van der Waals surface area contributed by atoms with Crippen molar-refractivity contribution in [1.29, 1.82) is 0 Å². The van der Waals surface area contributed by atoms with Crippen molar-refractivity contribution in [3.05, 3.63) is 212 Å². The van der Waals surface area contributed by atoms with Gasteiger partial charge >= 0.3 is 26.2 Å². The maximum atomic E-state index is 4.56. The molecule has 0 aromatic carbocycles. The molecule has 0 N–H and O–H groups in total. The second-order valence-corrected chi connectivity index (χ2v) is 16.3. The Balaban J connectivity index is 0.000000178. The van der Waals surface area contributed by atoms with Crippen molar-refractivity contribution >= 4 is 0 Å². The van der Waals surface area contributed by atoms with Gasteiger partial charge in [-0.15, -0.1) is 52.4 Å². The van der Waals surface area contributed by atoms with Crippen LogP contribution in [0.2, 0.25) is 0 Å². The normalized spacial score (nSPS) is 18.1. The molecule has 0 fully saturated rings. The molecule has 8 rings (SSSR count). The van der Waals surface area contributed by atoms with Gasteiger partial charge in [0.1, 0.15) is 0 Å². The number of allylic oxidation sites excluding steroid dienone is 24. The van der Waals surface area contributed by atoms with Crippen molar-refractivity contribution in [3.8, 4) is 0 Å². The van der Waals surface area contributed by atoms with Gasteiger partial charge in [-0.1, -0.05) is 242 Å². The van der Waals surface area contributed by atoms with Crippen LogP contribution in [0.4, 0.5) is 0 Å². The van der Waals surface area contributed by atoms with Crippen LogP contribution in [-0.4, -0.2) is 52.4 Å². The van der Waals surface area contributed by atoms with Crippen LogP contribution >= 0.6 is 0 Å². The van der Waals surface area contributed by atoms with Crippen molar-refractivity contribution in [3.63, 3.8) is 0 Å². The van der Waals surface area contributed by atoms with Crippen LogP contribution in [0.15, 0.2) is 190 Å². The van der Waals surface area contributed by atoms with Gasteiger partial charge in [-0.05, 0) is 51.4 Å². The zero-order valence-electron chi connectivity index (χ0n) is 37.1. The molecule has 0 bridgehead atoms. The minimum absolute atomic E-state index is 0. The van der Waals surface area contributed by atoms with Gasteiger partial charge in [0.15, 0.2) is 0 Å². The van der Waals surface area contributed by atoms with E-state index in [0.29, 0.717) is 0 Å². The first-order chi connectivity index (χ1) is 29.8. The molecule has 0 saturated heterocycles. The summed E-state index contributed by atoms with van der Waals surface area (Å²) in [7, 11) is 0. The van der Waals surface area contributed by atoms with E-state index >= 15 is 0 Å². The monoisotopic (exact) mass is 890 g/mol. The van der Waals surface area contributed by atoms with E-state index in [2.05, 4.69) is 167 Å². The minimum Gasteiger partial charge on any atom is -0.662 e. The quantitative estimate of drug-likeness (QED) is 0.0867. The Morgan fingerprint density at radius 3 is 0.459 bits per heavy atom. The van der Waals surface area contributed by atoms with Crippen molar-refractivity contribution < 1.29 is 26.2 Å². The Morgan fingerprint density at radius 2 is 0.361 bits per heavy atom. The van der Waals surface area contributed by atoms with Crippen LogP contribution in [0.1, 0.15) is 103 Å². The Morgan fingerprint density at radius 1 is 0.230 bits per heavy atom. The molecule has 0 radical (unpaired) electrons. The zero-order valence-corrected chi connectivity index (χ0v) is 39.6. The topological polar surface area (TPSA) is 56.4 Å². The summed E-state index contributed by atoms with van der Waals surface area (Å²) in [4.78, 5) is 0. The minimum atomic E-state index is 0. The average molecular weight is 892 g/mol. The molecule has 5 heteroatoms. The van der Waals surface area contributed by atoms with E-state index in [1.807, 2.05) is 0 Å². The summed E-state index contributed by atoms with van der Waals surface area (Å²) in [6, 6.07) is 0. The molecule has 0 heterocycles. The molecule has 0 aromatic rings. The average Bonchev–Trinajstić information content (AvgIpc) is 4.10. The summed E-state index contributed by atoms with van der Waals surface area (Å²) < 4.78 is 0. The molecule has 0 amide bonds. The molecule has 4 nitrogen and oxygen atoms in total. The van der Waals surface area contributed by atoms with Crippen LogP contribution in [0.25, 0.3) is 21.3 Å².